The number of benzene rings is 2. The number of nitrogens with zero attached hydrogens (tertiary/aromatic N) is 4. The van der Waals surface area contributed by atoms with E-state index in [0.717, 1.165) is 29.8 Å². The molecular formula is C23H28N4S. The van der Waals surface area contributed by atoms with E-state index < -0.39 is 0 Å². The normalized spacial score (nSPS) is 14.6. The standard InChI is InChI=1S/C23H28N4S/c1-18-12-19(2)14-21(13-18)17-28-23-25-24-22(16-26-10-6-7-11-26)27(23)15-20-8-4-3-5-9-20/h3-5,8-9,12-14H,6-7,10-11,15-17H2,1-2H3. The molecule has 0 spiro atoms. The minimum Gasteiger partial charge on any atom is -0.300 e. The Bertz CT molecular complexity index is 893. The van der Waals surface area contributed by atoms with Crippen molar-refractivity contribution >= 4 is 11.8 Å². The second kappa shape index (κ2) is 8.93. The predicted molar refractivity (Wildman–Crippen MR) is 116 cm³/mol. The van der Waals surface area contributed by atoms with Crippen LogP contribution in [0.1, 0.15) is 40.9 Å². The van der Waals surface area contributed by atoms with Gasteiger partial charge in [0.1, 0.15) is 5.82 Å². The lowest BCUT2D eigenvalue weighted by Crippen LogP contribution is -2.21. The van der Waals surface area contributed by atoms with Crippen LogP contribution in [0.5, 0.6) is 0 Å². The van der Waals surface area contributed by atoms with Gasteiger partial charge < -0.3 is 4.57 Å². The Morgan fingerprint density at radius 1 is 0.857 bits per heavy atom. The molecule has 146 valence electrons. The maximum Gasteiger partial charge on any atom is 0.191 e. The van der Waals surface area contributed by atoms with Crippen LogP contribution in [0.4, 0.5) is 0 Å². The molecule has 2 aromatic carbocycles. The molecule has 3 aromatic rings. The van der Waals surface area contributed by atoms with Crippen molar-refractivity contribution in [2.24, 2.45) is 0 Å². The van der Waals surface area contributed by atoms with Gasteiger partial charge in [0.25, 0.3) is 0 Å². The summed E-state index contributed by atoms with van der Waals surface area (Å²) in [4.78, 5) is 2.49. The van der Waals surface area contributed by atoms with E-state index in [4.69, 9.17) is 0 Å². The second-order valence-electron chi connectivity index (χ2n) is 7.74. The highest BCUT2D eigenvalue weighted by molar-refractivity contribution is 7.98. The van der Waals surface area contributed by atoms with Crippen LogP contribution in [0.25, 0.3) is 0 Å². The molecule has 0 bridgehead atoms. The first-order valence-electron chi connectivity index (χ1n) is 10.1. The van der Waals surface area contributed by atoms with Gasteiger partial charge in [-0.2, -0.15) is 0 Å². The summed E-state index contributed by atoms with van der Waals surface area (Å²) >= 11 is 1.79. The van der Waals surface area contributed by atoms with Crippen molar-refractivity contribution in [3.05, 3.63) is 76.6 Å². The van der Waals surface area contributed by atoms with Crippen molar-refractivity contribution in [2.75, 3.05) is 13.1 Å². The van der Waals surface area contributed by atoms with Gasteiger partial charge >= 0.3 is 0 Å². The van der Waals surface area contributed by atoms with Gasteiger partial charge in [-0.1, -0.05) is 71.4 Å². The summed E-state index contributed by atoms with van der Waals surface area (Å²) in [5.74, 6) is 1.99. The minimum atomic E-state index is 0.826. The van der Waals surface area contributed by atoms with Crippen LogP contribution in [0.15, 0.2) is 53.7 Å². The Labute approximate surface area is 172 Å². The lowest BCUT2D eigenvalue weighted by atomic mass is 10.1. The maximum absolute atomic E-state index is 4.57. The molecule has 1 fully saturated rings. The number of likely N-dealkylation sites (tertiary alicyclic amines) is 1. The SMILES string of the molecule is Cc1cc(C)cc(CSc2nnc(CN3CCCC3)n2Cc2ccccc2)c1. The van der Waals surface area contributed by atoms with Crippen molar-refractivity contribution < 1.29 is 0 Å². The zero-order valence-electron chi connectivity index (χ0n) is 16.8. The fourth-order valence-corrected chi connectivity index (χ4v) is 4.80. The van der Waals surface area contributed by atoms with Gasteiger partial charge in [0.15, 0.2) is 5.16 Å². The molecule has 1 saturated heterocycles. The predicted octanol–water partition coefficient (Wildman–Crippen LogP) is 4.83. The van der Waals surface area contributed by atoms with Gasteiger partial charge in [0.05, 0.1) is 13.1 Å². The molecule has 4 rings (SSSR count). The summed E-state index contributed by atoms with van der Waals surface area (Å²) < 4.78 is 2.31. The number of thioether (sulfide) groups is 1. The Morgan fingerprint density at radius 3 is 2.29 bits per heavy atom. The van der Waals surface area contributed by atoms with E-state index in [0.29, 0.717) is 0 Å². The van der Waals surface area contributed by atoms with E-state index in [1.807, 2.05) is 0 Å². The van der Waals surface area contributed by atoms with E-state index in [2.05, 4.69) is 82.0 Å². The monoisotopic (exact) mass is 392 g/mol. The van der Waals surface area contributed by atoms with Crippen LogP contribution in [-0.4, -0.2) is 32.8 Å². The zero-order valence-corrected chi connectivity index (χ0v) is 17.6. The van der Waals surface area contributed by atoms with Crippen LogP contribution < -0.4 is 0 Å². The van der Waals surface area contributed by atoms with E-state index >= 15 is 0 Å². The number of hydrogen-bond donors (Lipinski definition) is 0. The number of rotatable bonds is 7. The van der Waals surface area contributed by atoms with Crippen molar-refractivity contribution in [3.8, 4) is 0 Å². The Morgan fingerprint density at radius 2 is 1.57 bits per heavy atom. The average molecular weight is 393 g/mol. The highest BCUT2D eigenvalue weighted by Gasteiger charge is 2.18. The highest BCUT2D eigenvalue weighted by Crippen LogP contribution is 2.25. The molecule has 0 radical (unpaired) electrons. The third-order valence-corrected chi connectivity index (χ3v) is 6.23. The molecule has 0 saturated carbocycles. The molecule has 0 amide bonds. The maximum atomic E-state index is 4.57. The van der Waals surface area contributed by atoms with Crippen LogP contribution in [0, 0.1) is 13.8 Å². The molecule has 0 atom stereocenters. The first kappa shape index (κ1) is 19.2. The molecular weight excluding hydrogens is 364 g/mol. The summed E-state index contributed by atoms with van der Waals surface area (Å²) in [5, 5.41) is 10.1. The van der Waals surface area contributed by atoms with Crippen LogP contribution in [0.3, 0.4) is 0 Å². The molecule has 28 heavy (non-hydrogen) atoms. The van der Waals surface area contributed by atoms with Crippen molar-refractivity contribution in [3.63, 3.8) is 0 Å². The average Bonchev–Trinajstić information content (AvgIpc) is 3.31. The lowest BCUT2D eigenvalue weighted by molar-refractivity contribution is 0.316. The first-order valence-corrected chi connectivity index (χ1v) is 11.0. The summed E-state index contributed by atoms with van der Waals surface area (Å²) in [6.45, 7) is 8.38. The Kier molecular flexibility index (Phi) is 6.13. The summed E-state index contributed by atoms with van der Waals surface area (Å²) in [6.07, 6.45) is 2.59. The third-order valence-electron chi connectivity index (χ3n) is 5.19. The van der Waals surface area contributed by atoms with Crippen molar-refractivity contribution in [2.45, 2.75) is 50.7 Å². The Hall–Kier alpha value is -2.11. The van der Waals surface area contributed by atoms with Gasteiger partial charge in [-0.05, 0) is 50.9 Å². The van der Waals surface area contributed by atoms with E-state index in [1.54, 1.807) is 11.8 Å². The zero-order chi connectivity index (χ0) is 19.3. The molecule has 0 aliphatic carbocycles. The summed E-state index contributed by atoms with van der Waals surface area (Å²) in [5.41, 5.74) is 5.27. The molecule has 2 heterocycles. The summed E-state index contributed by atoms with van der Waals surface area (Å²) in [7, 11) is 0. The van der Waals surface area contributed by atoms with Crippen LogP contribution in [-0.2, 0) is 18.8 Å². The smallest absolute Gasteiger partial charge is 0.191 e. The first-order chi connectivity index (χ1) is 13.7. The second-order valence-corrected chi connectivity index (χ2v) is 8.68. The van der Waals surface area contributed by atoms with E-state index in [9.17, 15) is 0 Å². The molecule has 1 aliphatic rings. The van der Waals surface area contributed by atoms with Gasteiger partial charge in [-0.3, -0.25) is 4.90 Å². The van der Waals surface area contributed by atoms with Gasteiger partial charge in [0, 0.05) is 5.75 Å². The van der Waals surface area contributed by atoms with E-state index in [1.165, 1.54) is 48.2 Å². The number of aromatic nitrogens is 3. The number of hydrogen-bond acceptors (Lipinski definition) is 4. The topological polar surface area (TPSA) is 34.0 Å². The summed E-state index contributed by atoms with van der Waals surface area (Å²) in [6, 6.07) is 17.4. The Balaban J connectivity index is 1.55. The van der Waals surface area contributed by atoms with Crippen molar-refractivity contribution in [1.29, 1.82) is 0 Å². The quantitative estimate of drug-likeness (QED) is 0.539. The lowest BCUT2D eigenvalue weighted by Gasteiger charge is -2.16. The minimum absolute atomic E-state index is 0.826. The fraction of sp³-hybridized carbons (Fsp3) is 0.391. The van der Waals surface area contributed by atoms with Gasteiger partial charge in [-0.25, -0.2) is 0 Å². The van der Waals surface area contributed by atoms with Gasteiger partial charge in [0.2, 0.25) is 0 Å². The molecule has 1 aromatic heterocycles. The van der Waals surface area contributed by atoms with E-state index in [-0.39, 0.29) is 0 Å². The van der Waals surface area contributed by atoms with Crippen LogP contribution >= 0.6 is 11.8 Å². The van der Waals surface area contributed by atoms with Gasteiger partial charge in [-0.15, -0.1) is 10.2 Å². The third kappa shape index (κ3) is 4.83. The van der Waals surface area contributed by atoms with Crippen LogP contribution in [0.2, 0.25) is 0 Å². The molecule has 0 unspecified atom stereocenters. The molecule has 5 heteroatoms. The highest BCUT2D eigenvalue weighted by atomic mass is 32.2. The fourth-order valence-electron chi connectivity index (χ4n) is 3.91. The largest absolute Gasteiger partial charge is 0.300 e. The molecule has 1 aliphatic heterocycles. The number of aryl methyl sites for hydroxylation is 2. The van der Waals surface area contributed by atoms with Crippen molar-refractivity contribution in [1.82, 2.24) is 19.7 Å². The molecule has 4 nitrogen and oxygen atoms in total. The molecule has 0 N–H and O–H groups in total.